The average Bonchev–Trinajstić information content (AvgIpc) is 2.96. The summed E-state index contributed by atoms with van der Waals surface area (Å²) in [5.74, 6) is 0.812. The van der Waals surface area contributed by atoms with E-state index >= 15 is 0 Å². The van der Waals surface area contributed by atoms with Crippen molar-refractivity contribution in [1.82, 2.24) is 9.88 Å². The summed E-state index contributed by atoms with van der Waals surface area (Å²) >= 11 is 0. The molecule has 4 rings (SSSR count). The minimum absolute atomic E-state index is 0.522. The van der Waals surface area contributed by atoms with Crippen LogP contribution in [0, 0.1) is 6.92 Å². The van der Waals surface area contributed by atoms with Gasteiger partial charge in [-0.15, -0.1) is 0 Å². The predicted octanol–water partition coefficient (Wildman–Crippen LogP) is 3.58. The zero-order valence-electron chi connectivity index (χ0n) is 14.7. The molecule has 0 bridgehead atoms. The highest BCUT2D eigenvalue weighted by Gasteiger charge is 2.22. The molecule has 2 heterocycles. The Morgan fingerprint density at radius 3 is 2.80 bits per heavy atom. The van der Waals surface area contributed by atoms with Crippen molar-refractivity contribution in [3.05, 3.63) is 64.8 Å². The second-order valence-corrected chi connectivity index (χ2v) is 6.84. The van der Waals surface area contributed by atoms with E-state index in [-0.39, 0.29) is 0 Å². The number of hydrogen-bond donors (Lipinski definition) is 2. The van der Waals surface area contributed by atoms with Crippen molar-refractivity contribution in [2.45, 2.75) is 26.0 Å². The lowest BCUT2D eigenvalue weighted by atomic mass is 9.98. The van der Waals surface area contributed by atoms with E-state index in [9.17, 15) is 5.11 Å². The van der Waals surface area contributed by atoms with Crippen LogP contribution in [0.5, 0.6) is 5.75 Å². The number of ether oxygens (including phenoxy) is 1. The van der Waals surface area contributed by atoms with E-state index in [2.05, 4.69) is 34.1 Å². The summed E-state index contributed by atoms with van der Waals surface area (Å²) in [7, 11) is 1.67. The van der Waals surface area contributed by atoms with Crippen LogP contribution in [0.15, 0.2) is 42.5 Å². The highest BCUT2D eigenvalue weighted by Crippen LogP contribution is 2.32. The predicted molar refractivity (Wildman–Crippen MR) is 100.0 cm³/mol. The summed E-state index contributed by atoms with van der Waals surface area (Å²) in [5, 5.41) is 12.0. The van der Waals surface area contributed by atoms with E-state index in [1.807, 2.05) is 25.1 Å². The standard InChI is InChI=1S/C21H24N2O2/c1-14-21(18-11-17(25-2)7-8-19(18)22-14)20(24)13-23-10-9-15-5-3-4-6-16(15)12-23/h3-8,11,20,22,24H,9-10,12-13H2,1-2H3/t20-/m1/s1. The Morgan fingerprint density at radius 2 is 2.00 bits per heavy atom. The van der Waals surface area contributed by atoms with Crippen molar-refractivity contribution in [3.8, 4) is 5.75 Å². The van der Waals surface area contributed by atoms with Crippen molar-refractivity contribution < 1.29 is 9.84 Å². The lowest BCUT2D eigenvalue weighted by Crippen LogP contribution is -2.34. The Morgan fingerprint density at radius 1 is 1.20 bits per heavy atom. The van der Waals surface area contributed by atoms with Crippen LogP contribution in [-0.4, -0.2) is 35.2 Å². The minimum Gasteiger partial charge on any atom is -0.497 e. The molecule has 0 spiro atoms. The second kappa shape index (κ2) is 6.54. The zero-order chi connectivity index (χ0) is 17.4. The number of nitrogens with one attached hydrogen (secondary N) is 1. The normalized spacial score (nSPS) is 16.0. The Bertz CT molecular complexity index is 900. The van der Waals surface area contributed by atoms with E-state index in [1.165, 1.54) is 11.1 Å². The van der Waals surface area contributed by atoms with E-state index in [1.54, 1.807) is 7.11 Å². The molecule has 130 valence electrons. The van der Waals surface area contributed by atoms with E-state index in [0.717, 1.165) is 47.4 Å². The van der Waals surface area contributed by atoms with Gasteiger partial charge in [-0.1, -0.05) is 24.3 Å². The molecular formula is C21H24N2O2. The van der Waals surface area contributed by atoms with Gasteiger partial charge in [-0.05, 0) is 42.7 Å². The largest absolute Gasteiger partial charge is 0.497 e. The molecule has 3 aromatic rings. The van der Waals surface area contributed by atoms with Gasteiger partial charge in [-0.25, -0.2) is 0 Å². The van der Waals surface area contributed by atoms with Gasteiger partial charge in [-0.2, -0.15) is 0 Å². The molecule has 2 aromatic carbocycles. The van der Waals surface area contributed by atoms with Gasteiger partial charge < -0.3 is 14.8 Å². The highest BCUT2D eigenvalue weighted by atomic mass is 16.5. The number of aryl methyl sites for hydroxylation is 1. The van der Waals surface area contributed by atoms with E-state index in [0.29, 0.717) is 6.54 Å². The molecule has 2 N–H and O–H groups in total. The molecule has 4 nitrogen and oxygen atoms in total. The summed E-state index contributed by atoms with van der Waals surface area (Å²) in [6.45, 7) is 4.55. The summed E-state index contributed by atoms with van der Waals surface area (Å²) in [6.07, 6.45) is 0.523. The third kappa shape index (κ3) is 3.03. The summed E-state index contributed by atoms with van der Waals surface area (Å²) in [5.41, 5.74) is 5.84. The maximum Gasteiger partial charge on any atom is 0.119 e. The Kier molecular flexibility index (Phi) is 4.24. The first kappa shape index (κ1) is 16.2. The molecule has 4 heteroatoms. The molecule has 0 radical (unpaired) electrons. The van der Waals surface area contributed by atoms with Gasteiger partial charge in [0.15, 0.2) is 0 Å². The van der Waals surface area contributed by atoms with Gasteiger partial charge in [0.05, 0.1) is 13.2 Å². The van der Waals surface area contributed by atoms with Crippen LogP contribution in [-0.2, 0) is 13.0 Å². The molecule has 0 saturated heterocycles. The minimum atomic E-state index is -0.522. The average molecular weight is 336 g/mol. The van der Waals surface area contributed by atoms with Crippen LogP contribution in [0.25, 0.3) is 10.9 Å². The van der Waals surface area contributed by atoms with Crippen LogP contribution in [0.2, 0.25) is 0 Å². The van der Waals surface area contributed by atoms with Crippen molar-refractivity contribution in [2.24, 2.45) is 0 Å². The molecule has 0 unspecified atom stereocenters. The quantitative estimate of drug-likeness (QED) is 0.766. The molecule has 25 heavy (non-hydrogen) atoms. The van der Waals surface area contributed by atoms with Crippen LogP contribution in [0.4, 0.5) is 0 Å². The summed E-state index contributed by atoms with van der Waals surface area (Å²) in [4.78, 5) is 5.72. The molecule has 0 saturated carbocycles. The SMILES string of the molecule is COc1ccc2[nH]c(C)c([C@H](O)CN3CCc4ccccc4C3)c2c1. The first-order valence-corrected chi connectivity index (χ1v) is 8.79. The number of rotatable bonds is 4. The monoisotopic (exact) mass is 336 g/mol. The van der Waals surface area contributed by atoms with Crippen molar-refractivity contribution >= 4 is 10.9 Å². The van der Waals surface area contributed by atoms with Gasteiger partial charge in [-0.3, -0.25) is 4.90 Å². The first-order valence-electron chi connectivity index (χ1n) is 8.79. The van der Waals surface area contributed by atoms with Crippen LogP contribution in [0.1, 0.15) is 28.5 Å². The number of benzene rings is 2. The Hall–Kier alpha value is -2.30. The fourth-order valence-electron chi connectivity index (χ4n) is 3.93. The molecule has 1 aliphatic rings. The van der Waals surface area contributed by atoms with Gasteiger partial charge in [0.1, 0.15) is 5.75 Å². The molecule has 1 atom stereocenters. The fraction of sp³-hybridized carbons (Fsp3) is 0.333. The van der Waals surface area contributed by atoms with Crippen LogP contribution in [0.3, 0.4) is 0 Å². The third-order valence-electron chi connectivity index (χ3n) is 5.22. The maximum absolute atomic E-state index is 10.9. The number of β-amino-alcohol motifs (C(OH)–C–C–N with tert-alkyl or cyclic N) is 1. The topological polar surface area (TPSA) is 48.5 Å². The first-order chi connectivity index (χ1) is 12.2. The van der Waals surface area contributed by atoms with Gasteiger partial charge in [0.2, 0.25) is 0 Å². The molecule has 0 fully saturated rings. The number of aliphatic hydroxyl groups is 1. The smallest absolute Gasteiger partial charge is 0.119 e. The maximum atomic E-state index is 10.9. The third-order valence-corrected chi connectivity index (χ3v) is 5.22. The van der Waals surface area contributed by atoms with Crippen molar-refractivity contribution in [3.63, 3.8) is 0 Å². The highest BCUT2D eigenvalue weighted by molar-refractivity contribution is 5.86. The number of aromatic amines is 1. The lowest BCUT2D eigenvalue weighted by molar-refractivity contribution is 0.106. The molecular weight excluding hydrogens is 312 g/mol. The number of H-pyrrole nitrogens is 1. The lowest BCUT2D eigenvalue weighted by Gasteiger charge is -2.30. The molecule has 0 amide bonds. The Balaban J connectivity index is 1.58. The van der Waals surface area contributed by atoms with Gasteiger partial charge >= 0.3 is 0 Å². The van der Waals surface area contributed by atoms with E-state index in [4.69, 9.17) is 4.74 Å². The number of aliphatic hydroxyl groups excluding tert-OH is 1. The van der Waals surface area contributed by atoms with Gasteiger partial charge in [0.25, 0.3) is 0 Å². The van der Waals surface area contributed by atoms with Crippen molar-refractivity contribution in [1.29, 1.82) is 0 Å². The van der Waals surface area contributed by atoms with Crippen molar-refractivity contribution in [2.75, 3.05) is 20.2 Å². The summed E-state index contributed by atoms with van der Waals surface area (Å²) < 4.78 is 5.35. The number of aromatic nitrogens is 1. The number of fused-ring (bicyclic) bond motifs is 2. The number of methoxy groups -OCH3 is 1. The number of hydrogen-bond acceptors (Lipinski definition) is 3. The molecule has 1 aliphatic heterocycles. The number of nitrogens with zero attached hydrogens (tertiary/aromatic N) is 1. The Labute approximate surface area is 148 Å². The zero-order valence-corrected chi connectivity index (χ0v) is 14.7. The van der Waals surface area contributed by atoms with Crippen LogP contribution < -0.4 is 4.74 Å². The fourth-order valence-corrected chi connectivity index (χ4v) is 3.93. The van der Waals surface area contributed by atoms with Gasteiger partial charge in [0, 0.05) is 41.8 Å². The molecule has 0 aliphatic carbocycles. The van der Waals surface area contributed by atoms with Crippen LogP contribution >= 0.6 is 0 Å². The molecule has 1 aromatic heterocycles. The second-order valence-electron chi connectivity index (χ2n) is 6.84. The summed E-state index contributed by atoms with van der Waals surface area (Å²) in [6, 6.07) is 14.5. The van der Waals surface area contributed by atoms with E-state index < -0.39 is 6.10 Å².